The first-order chi connectivity index (χ1) is 11.1. The summed E-state index contributed by atoms with van der Waals surface area (Å²) >= 11 is 0. The molecule has 2 heterocycles. The van der Waals surface area contributed by atoms with Gasteiger partial charge in [-0.25, -0.2) is 4.98 Å². The number of ether oxygens (including phenoxy) is 1. The van der Waals surface area contributed by atoms with Gasteiger partial charge in [0.2, 0.25) is 5.91 Å². The molecule has 0 bridgehead atoms. The molecule has 1 aliphatic heterocycles. The van der Waals surface area contributed by atoms with Gasteiger partial charge in [0.05, 0.1) is 11.7 Å². The quantitative estimate of drug-likeness (QED) is 0.781. The number of methoxy groups -OCH3 is 1. The number of nitrogens with zero attached hydrogens (tertiary/aromatic N) is 3. The molecule has 7 nitrogen and oxygen atoms in total. The highest BCUT2D eigenvalue weighted by atomic mass is 16.5. The average molecular weight is 323 g/mol. The molecule has 1 fully saturated rings. The summed E-state index contributed by atoms with van der Waals surface area (Å²) in [5.41, 5.74) is -0.867. The maximum absolute atomic E-state index is 12.4. The Morgan fingerprint density at radius 2 is 2.26 bits per heavy atom. The molecule has 1 N–H and O–H groups in total. The Balaban J connectivity index is 1.88. The Morgan fingerprint density at radius 3 is 2.91 bits per heavy atom. The van der Waals surface area contributed by atoms with Gasteiger partial charge < -0.3 is 19.3 Å². The van der Waals surface area contributed by atoms with Crippen molar-refractivity contribution in [1.82, 2.24) is 14.5 Å². The second-order valence-corrected chi connectivity index (χ2v) is 6.15. The van der Waals surface area contributed by atoms with Crippen LogP contribution < -0.4 is 0 Å². The van der Waals surface area contributed by atoms with E-state index >= 15 is 0 Å². The summed E-state index contributed by atoms with van der Waals surface area (Å²) in [6.45, 7) is 2.07. The van der Waals surface area contributed by atoms with E-state index in [1.807, 2.05) is 10.8 Å². The summed E-state index contributed by atoms with van der Waals surface area (Å²) in [7, 11) is 1.57. The average Bonchev–Trinajstić information content (AvgIpc) is 3.06. The lowest BCUT2D eigenvalue weighted by Gasteiger charge is -2.40. The molecular formula is C16H25N3O4. The zero-order valence-corrected chi connectivity index (χ0v) is 13.6. The van der Waals surface area contributed by atoms with Crippen LogP contribution in [0.1, 0.15) is 32.1 Å². The van der Waals surface area contributed by atoms with Crippen LogP contribution in [0.5, 0.6) is 0 Å². The minimum atomic E-state index is -0.867. The molecule has 7 heteroatoms. The SMILES string of the molecule is COCC[C@]1(C(=O)O)CCCN(C(=O)CCCn2ccnc2)C1. The van der Waals surface area contributed by atoms with Crippen molar-refractivity contribution in [3.05, 3.63) is 18.7 Å². The summed E-state index contributed by atoms with van der Waals surface area (Å²) in [4.78, 5) is 29.8. The van der Waals surface area contributed by atoms with Crippen molar-refractivity contribution in [2.24, 2.45) is 5.41 Å². The van der Waals surface area contributed by atoms with Gasteiger partial charge in [-0.05, 0) is 25.7 Å². The third kappa shape index (κ3) is 4.54. The lowest BCUT2D eigenvalue weighted by Crippen LogP contribution is -2.50. The summed E-state index contributed by atoms with van der Waals surface area (Å²) in [5.74, 6) is -0.793. The lowest BCUT2D eigenvalue weighted by atomic mass is 9.77. The van der Waals surface area contributed by atoms with Crippen LogP contribution in [0.2, 0.25) is 0 Å². The zero-order valence-electron chi connectivity index (χ0n) is 13.6. The summed E-state index contributed by atoms with van der Waals surface area (Å²) in [5, 5.41) is 9.61. The van der Waals surface area contributed by atoms with E-state index in [4.69, 9.17) is 4.74 Å². The molecule has 1 saturated heterocycles. The first kappa shape index (κ1) is 17.5. The molecule has 1 aromatic rings. The Hall–Kier alpha value is -1.89. The number of aliphatic carboxylic acids is 1. The lowest BCUT2D eigenvalue weighted by molar-refractivity contribution is -0.156. The second-order valence-electron chi connectivity index (χ2n) is 6.15. The molecule has 2 rings (SSSR count). The van der Waals surface area contributed by atoms with Gasteiger partial charge in [0, 0.05) is 52.2 Å². The number of likely N-dealkylation sites (tertiary alicyclic amines) is 1. The number of imidazole rings is 1. The number of amides is 1. The van der Waals surface area contributed by atoms with Gasteiger partial charge in [0.25, 0.3) is 0 Å². The van der Waals surface area contributed by atoms with Gasteiger partial charge in [0.1, 0.15) is 0 Å². The first-order valence-electron chi connectivity index (χ1n) is 8.03. The Labute approximate surface area is 136 Å². The topological polar surface area (TPSA) is 84.7 Å². The van der Waals surface area contributed by atoms with Crippen LogP contribution in [-0.4, -0.2) is 58.2 Å². The largest absolute Gasteiger partial charge is 0.481 e. The molecule has 0 radical (unpaired) electrons. The number of carboxylic acid groups (broad SMARTS) is 1. The molecule has 0 spiro atoms. The number of carbonyl (C=O) groups excluding carboxylic acids is 1. The van der Waals surface area contributed by atoms with E-state index < -0.39 is 11.4 Å². The molecule has 1 atom stereocenters. The van der Waals surface area contributed by atoms with Crippen LogP contribution in [-0.2, 0) is 20.9 Å². The number of hydrogen-bond donors (Lipinski definition) is 1. The number of hydrogen-bond acceptors (Lipinski definition) is 4. The molecule has 128 valence electrons. The van der Waals surface area contributed by atoms with E-state index in [-0.39, 0.29) is 12.5 Å². The normalized spacial score (nSPS) is 21.3. The maximum atomic E-state index is 12.4. The van der Waals surface area contributed by atoms with Gasteiger partial charge in [-0.3, -0.25) is 9.59 Å². The van der Waals surface area contributed by atoms with Crippen LogP contribution in [0, 0.1) is 5.41 Å². The molecule has 23 heavy (non-hydrogen) atoms. The van der Waals surface area contributed by atoms with Crippen molar-refractivity contribution in [2.75, 3.05) is 26.8 Å². The Bertz CT molecular complexity index is 517. The van der Waals surface area contributed by atoms with Crippen molar-refractivity contribution in [3.63, 3.8) is 0 Å². The highest BCUT2D eigenvalue weighted by Gasteiger charge is 2.43. The van der Waals surface area contributed by atoms with Crippen molar-refractivity contribution in [2.45, 2.75) is 38.6 Å². The van der Waals surface area contributed by atoms with Crippen molar-refractivity contribution < 1.29 is 19.4 Å². The predicted molar refractivity (Wildman–Crippen MR) is 83.8 cm³/mol. The minimum absolute atomic E-state index is 0.0351. The Morgan fingerprint density at radius 1 is 1.43 bits per heavy atom. The maximum Gasteiger partial charge on any atom is 0.311 e. The van der Waals surface area contributed by atoms with Gasteiger partial charge in [-0.1, -0.05) is 0 Å². The number of rotatable bonds is 8. The van der Waals surface area contributed by atoms with Gasteiger partial charge in [-0.2, -0.15) is 0 Å². The van der Waals surface area contributed by atoms with Crippen LogP contribution in [0.3, 0.4) is 0 Å². The summed E-state index contributed by atoms with van der Waals surface area (Å²) in [6.07, 6.45) is 8.23. The van der Waals surface area contributed by atoms with Gasteiger partial charge in [0.15, 0.2) is 0 Å². The molecule has 1 aromatic heterocycles. The van der Waals surface area contributed by atoms with E-state index in [1.54, 1.807) is 24.5 Å². The van der Waals surface area contributed by atoms with Crippen LogP contribution in [0.25, 0.3) is 0 Å². The van der Waals surface area contributed by atoms with E-state index in [2.05, 4.69) is 4.98 Å². The fourth-order valence-electron chi connectivity index (χ4n) is 3.12. The van der Waals surface area contributed by atoms with E-state index in [9.17, 15) is 14.7 Å². The number of aromatic nitrogens is 2. The number of aryl methyl sites for hydroxylation is 1. The van der Waals surface area contributed by atoms with Crippen molar-refractivity contribution >= 4 is 11.9 Å². The highest BCUT2D eigenvalue weighted by Crippen LogP contribution is 2.34. The van der Waals surface area contributed by atoms with Crippen molar-refractivity contribution in [1.29, 1.82) is 0 Å². The fourth-order valence-corrected chi connectivity index (χ4v) is 3.12. The smallest absolute Gasteiger partial charge is 0.311 e. The van der Waals surface area contributed by atoms with E-state index in [1.165, 1.54) is 0 Å². The third-order valence-electron chi connectivity index (χ3n) is 4.53. The van der Waals surface area contributed by atoms with Gasteiger partial charge in [-0.15, -0.1) is 0 Å². The molecule has 0 unspecified atom stereocenters. The van der Waals surface area contributed by atoms with Crippen molar-refractivity contribution in [3.8, 4) is 0 Å². The molecule has 1 aliphatic rings. The third-order valence-corrected chi connectivity index (χ3v) is 4.53. The van der Waals surface area contributed by atoms with Crippen LogP contribution in [0.15, 0.2) is 18.7 Å². The second kappa shape index (κ2) is 8.10. The Kier molecular flexibility index (Phi) is 6.15. The molecule has 1 amide bonds. The molecule has 0 saturated carbocycles. The van der Waals surface area contributed by atoms with E-state index in [0.717, 1.165) is 19.4 Å². The standard InChI is InChI=1S/C16H25N3O4/c1-23-11-6-16(15(21)22)5-3-9-19(12-16)14(20)4-2-8-18-10-7-17-13-18/h7,10,13H,2-6,8-9,11-12H2,1H3,(H,21,22)/t16-/m1/s1. The zero-order chi connectivity index (χ0) is 16.7. The van der Waals surface area contributed by atoms with Crippen LogP contribution in [0.4, 0.5) is 0 Å². The summed E-state index contributed by atoms with van der Waals surface area (Å²) < 4.78 is 6.98. The number of piperidine rings is 1. The highest BCUT2D eigenvalue weighted by molar-refractivity contribution is 5.79. The predicted octanol–water partition coefficient (Wildman–Crippen LogP) is 1.39. The molecule has 0 aliphatic carbocycles. The number of carbonyl (C=O) groups is 2. The molecular weight excluding hydrogens is 298 g/mol. The van der Waals surface area contributed by atoms with Crippen LogP contribution >= 0.6 is 0 Å². The fraction of sp³-hybridized carbons (Fsp3) is 0.688. The van der Waals surface area contributed by atoms with Gasteiger partial charge >= 0.3 is 5.97 Å². The summed E-state index contributed by atoms with van der Waals surface area (Å²) in [6, 6.07) is 0. The first-order valence-corrected chi connectivity index (χ1v) is 8.03. The minimum Gasteiger partial charge on any atom is -0.481 e. The molecule has 0 aromatic carbocycles. The monoisotopic (exact) mass is 323 g/mol. The number of carboxylic acids is 1. The van der Waals surface area contributed by atoms with E-state index in [0.29, 0.717) is 32.4 Å².